The zero-order valence-electron chi connectivity index (χ0n) is 17.4. The Morgan fingerprint density at radius 3 is 2.63 bits per heavy atom. The number of hydrogen-bond donors (Lipinski definition) is 0. The van der Waals surface area contributed by atoms with E-state index in [1.165, 1.54) is 15.6 Å². The first-order valence-electron chi connectivity index (χ1n) is 10.1. The van der Waals surface area contributed by atoms with E-state index in [2.05, 4.69) is 63.4 Å². The van der Waals surface area contributed by atoms with Crippen LogP contribution in [0.3, 0.4) is 0 Å². The average molecular weight is 412 g/mol. The van der Waals surface area contributed by atoms with Crippen LogP contribution < -0.4 is 0 Å². The van der Waals surface area contributed by atoms with Gasteiger partial charge in [-0.3, -0.25) is 4.98 Å². The van der Waals surface area contributed by atoms with Gasteiger partial charge in [0, 0.05) is 27.2 Å². The topological polar surface area (TPSA) is 39.2 Å². The third-order valence-electron chi connectivity index (χ3n) is 5.92. The molecule has 0 aliphatic heterocycles. The van der Waals surface area contributed by atoms with Crippen molar-refractivity contribution in [2.45, 2.75) is 33.1 Å². The summed E-state index contributed by atoms with van der Waals surface area (Å²) < 4.78 is 13.5. The molecule has 30 heavy (non-hydrogen) atoms. The first-order chi connectivity index (χ1) is 14.4. The van der Waals surface area contributed by atoms with E-state index >= 15 is 0 Å². The van der Waals surface area contributed by atoms with Crippen LogP contribution in [0, 0.1) is 6.92 Å². The summed E-state index contributed by atoms with van der Waals surface area (Å²) in [5, 5.41) is 6.60. The van der Waals surface area contributed by atoms with Gasteiger partial charge in [-0.1, -0.05) is 20.8 Å². The molecule has 6 rings (SSSR count). The number of pyridine rings is 1. The van der Waals surface area contributed by atoms with Crippen molar-refractivity contribution in [3.63, 3.8) is 0 Å². The molecule has 0 radical (unpaired) electrons. The molecule has 4 heteroatoms. The molecule has 6 aromatic rings. The Labute approximate surface area is 177 Å². The molecule has 0 N–H and O–H groups in total. The van der Waals surface area contributed by atoms with Gasteiger partial charge in [0.25, 0.3) is 0 Å². The number of fused-ring (bicyclic) bond motifs is 6. The van der Waals surface area contributed by atoms with Crippen molar-refractivity contribution in [2.75, 3.05) is 0 Å². The molecule has 4 aromatic heterocycles. The van der Waals surface area contributed by atoms with E-state index in [9.17, 15) is 0 Å². The van der Waals surface area contributed by atoms with Crippen molar-refractivity contribution in [3.05, 3.63) is 65.4 Å². The van der Waals surface area contributed by atoms with Crippen LogP contribution in [0.2, 0.25) is 0 Å². The standard InChI is InChI=1S/C26H21NO2S/c1-14-13-28-23-17(14)5-6-18-21-20(29-24(18)23)7-9-27-22(21)16-11-15-8-10-30-25(15)19(12-16)26(2,3)4/h5-13H,1-4H3. The zero-order chi connectivity index (χ0) is 20.6. The van der Waals surface area contributed by atoms with Crippen LogP contribution in [0.1, 0.15) is 31.9 Å². The molecule has 0 amide bonds. The van der Waals surface area contributed by atoms with Crippen LogP contribution in [-0.2, 0) is 5.41 Å². The lowest BCUT2D eigenvalue weighted by Gasteiger charge is -2.21. The van der Waals surface area contributed by atoms with E-state index < -0.39 is 0 Å². The lowest BCUT2D eigenvalue weighted by Crippen LogP contribution is -2.11. The van der Waals surface area contributed by atoms with E-state index in [1.807, 2.05) is 12.3 Å². The molecule has 0 fully saturated rings. The normalized spacial score (nSPS) is 12.7. The molecule has 3 nitrogen and oxygen atoms in total. The number of aromatic nitrogens is 1. The molecule has 4 heterocycles. The molecule has 0 aliphatic rings. The van der Waals surface area contributed by atoms with Gasteiger partial charge in [0.05, 0.1) is 17.3 Å². The summed E-state index contributed by atoms with van der Waals surface area (Å²) in [5.74, 6) is 0. The third-order valence-corrected chi connectivity index (χ3v) is 6.88. The number of hydrogen-bond acceptors (Lipinski definition) is 4. The summed E-state index contributed by atoms with van der Waals surface area (Å²) in [6.07, 6.45) is 3.62. The number of rotatable bonds is 1. The van der Waals surface area contributed by atoms with Crippen molar-refractivity contribution in [2.24, 2.45) is 0 Å². The van der Waals surface area contributed by atoms with Crippen molar-refractivity contribution in [1.82, 2.24) is 4.98 Å². The van der Waals surface area contributed by atoms with Crippen LogP contribution >= 0.6 is 11.3 Å². The minimum atomic E-state index is 0.0450. The Bertz CT molecular complexity index is 1590. The fraction of sp³-hybridized carbons (Fsp3) is 0.192. The van der Waals surface area contributed by atoms with Crippen molar-refractivity contribution < 1.29 is 8.83 Å². The highest BCUT2D eigenvalue weighted by atomic mass is 32.1. The second-order valence-electron chi connectivity index (χ2n) is 8.99. The maximum absolute atomic E-state index is 6.28. The maximum atomic E-state index is 6.28. The summed E-state index contributed by atoms with van der Waals surface area (Å²) in [7, 11) is 0. The summed E-state index contributed by atoms with van der Waals surface area (Å²) in [5.41, 5.74) is 7.00. The lowest BCUT2D eigenvalue weighted by molar-refractivity contribution is 0.597. The van der Waals surface area contributed by atoms with E-state index in [1.54, 1.807) is 17.6 Å². The minimum Gasteiger partial charge on any atom is -0.460 e. The van der Waals surface area contributed by atoms with Gasteiger partial charge in [-0.2, -0.15) is 0 Å². The third kappa shape index (κ3) is 2.40. The van der Waals surface area contributed by atoms with Gasteiger partial charge in [-0.15, -0.1) is 11.3 Å². The van der Waals surface area contributed by atoms with Gasteiger partial charge >= 0.3 is 0 Å². The van der Waals surface area contributed by atoms with Gasteiger partial charge in [0.15, 0.2) is 11.2 Å². The molecular weight excluding hydrogens is 390 g/mol. The molecule has 0 unspecified atom stereocenters. The second-order valence-corrected chi connectivity index (χ2v) is 9.90. The Balaban J connectivity index is 1.72. The van der Waals surface area contributed by atoms with Crippen LogP contribution in [0.4, 0.5) is 0 Å². The van der Waals surface area contributed by atoms with E-state index in [0.717, 1.165) is 49.7 Å². The fourth-order valence-electron chi connectivity index (χ4n) is 4.39. The van der Waals surface area contributed by atoms with Crippen LogP contribution in [-0.4, -0.2) is 4.98 Å². The number of benzene rings is 2. The van der Waals surface area contributed by atoms with Crippen LogP contribution in [0.25, 0.3) is 54.3 Å². The molecule has 148 valence electrons. The smallest absolute Gasteiger partial charge is 0.178 e. The molecular formula is C26H21NO2S. The Kier molecular flexibility index (Phi) is 3.52. The zero-order valence-corrected chi connectivity index (χ0v) is 18.2. The molecule has 0 aliphatic carbocycles. The Morgan fingerprint density at radius 2 is 1.80 bits per heavy atom. The fourth-order valence-corrected chi connectivity index (χ4v) is 5.50. The summed E-state index contributed by atoms with van der Waals surface area (Å²) >= 11 is 1.80. The number of furan rings is 2. The predicted octanol–water partition coefficient (Wildman–Crippen LogP) is 8.21. The first-order valence-corrected chi connectivity index (χ1v) is 11.0. The molecule has 2 aromatic carbocycles. The molecule has 0 atom stereocenters. The quantitative estimate of drug-likeness (QED) is 0.274. The van der Waals surface area contributed by atoms with Crippen LogP contribution in [0.5, 0.6) is 0 Å². The van der Waals surface area contributed by atoms with Gasteiger partial charge in [0.2, 0.25) is 0 Å². The van der Waals surface area contributed by atoms with Crippen molar-refractivity contribution in [1.29, 1.82) is 0 Å². The molecule has 0 bridgehead atoms. The summed E-state index contributed by atoms with van der Waals surface area (Å²) in [6, 6.07) is 12.9. The van der Waals surface area contributed by atoms with E-state index in [0.29, 0.717) is 0 Å². The Hall–Kier alpha value is -3.11. The first kappa shape index (κ1) is 17.7. The largest absolute Gasteiger partial charge is 0.460 e. The predicted molar refractivity (Wildman–Crippen MR) is 126 cm³/mol. The summed E-state index contributed by atoms with van der Waals surface area (Å²) in [4.78, 5) is 4.81. The highest BCUT2D eigenvalue weighted by molar-refractivity contribution is 7.17. The SMILES string of the molecule is Cc1coc2c1ccc1c2oc2ccnc(-c3cc(C(C)(C)C)c4sccc4c3)c21. The van der Waals surface area contributed by atoms with E-state index in [4.69, 9.17) is 13.8 Å². The van der Waals surface area contributed by atoms with E-state index in [-0.39, 0.29) is 5.41 Å². The number of nitrogens with zero attached hydrogens (tertiary/aromatic N) is 1. The minimum absolute atomic E-state index is 0.0450. The van der Waals surface area contributed by atoms with Gasteiger partial charge < -0.3 is 8.83 Å². The monoisotopic (exact) mass is 411 g/mol. The lowest BCUT2D eigenvalue weighted by atomic mass is 9.85. The van der Waals surface area contributed by atoms with Gasteiger partial charge in [-0.05, 0) is 70.6 Å². The Morgan fingerprint density at radius 1 is 0.967 bits per heavy atom. The molecule has 0 spiro atoms. The molecule has 0 saturated heterocycles. The highest BCUT2D eigenvalue weighted by Crippen LogP contribution is 2.42. The summed E-state index contributed by atoms with van der Waals surface area (Å²) in [6.45, 7) is 8.85. The highest BCUT2D eigenvalue weighted by Gasteiger charge is 2.22. The average Bonchev–Trinajstić information content (AvgIpc) is 3.42. The second kappa shape index (κ2) is 5.96. The van der Waals surface area contributed by atoms with Gasteiger partial charge in [0.1, 0.15) is 5.58 Å². The number of aryl methyl sites for hydroxylation is 1. The maximum Gasteiger partial charge on any atom is 0.178 e. The molecule has 0 saturated carbocycles. The van der Waals surface area contributed by atoms with Gasteiger partial charge in [-0.25, -0.2) is 0 Å². The number of thiophene rings is 1. The van der Waals surface area contributed by atoms with Crippen molar-refractivity contribution >= 4 is 54.3 Å². The van der Waals surface area contributed by atoms with Crippen molar-refractivity contribution in [3.8, 4) is 11.3 Å². The van der Waals surface area contributed by atoms with Crippen LogP contribution in [0.15, 0.2) is 63.1 Å².